The Balaban J connectivity index is 0.988. The summed E-state index contributed by atoms with van der Waals surface area (Å²) >= 11 is 4.31. The van der Waals surface area contributed by atoms with Gasteiger partial charge in [0.25, 0.3) is 0 Å². The highest BCUT2D eigenvalue weighted by Crippen LogP contribution is 2.27. The normalized spacial score (nSPS) is 16.5. The topological polar surface area (TPSA) is 169 Å². The average Bonchev–Trinajstić information content (AvgIpc) is 3.76. The third-order valence-corrected chi connectivity index (χ3v) is 8.78. The van der Waals surface area contributed by atoms with E-state index in [0.717, 1.165) is 27.1 Å². The monoisotopic (exact) mass is 618 g/mol. The van der Waals surface area contributed by atoms with Crippen molar-refractivity contribution < 1.29 is 28.7 Å². The third kappa shape index (κ3) is 7.89. The van der Waals surface area contributed by atoms with E-state index in [2.05, 4.69) is 31.0 Å². The van der Waals surface area contributed by atoms with Crippen molar-refractivity contribution in [1.82, 2.24) is 30.2 Å². The fraction of sp³-hybridized carbons (Fsp3) is 0.417. The quantitative estimate of drug-likeness (QED) is 0.270. The van der Waals surface area contributed by atoms with Crippen LogP contribution in [0.5, 0.6) is 0 Å². The molecule has 2 aromatic heterocycles. The zero-order valence-corrected chi connectivity index (χ0v) is 24.1. The highest BCUT2D eigenvalue weighted by Gasteiger charge is 2.35. The zero-order chi connectivity index (χ0) is 28.6. The van der Waals surface area contributed by atoms with Gasteiger partial charge < -0.3 is 9.47 Å². The lowest BCUT2D eigenvalue weighted by Crippen LogP contribution is -2.35. The molecule has 2 N–H and O–H groups in total. The van der Waals surface area contributed by atoms with E-state index in [0.29, 0.717) is 29.6 Å². The van der Waals surface area contributed by atoms with Gasteiger partial charge in [-0.05, 0) is 17.1 Å². The number of benzene rings is 1. The molecule has 216 valence electrons. The lowest BCUT2D eigenvalue weighted by atomic mass is 10.1. The number of hydrogen-bond donors (Lipinski definition) is 2. The van der Waals surface area contributed by atoms with E-state index in [1.165, 1.54) is 32.5 Å². The van der Waals surface area contributed by atoms with Gasteiger partial charge in [0, 0.05) is 12.8 Å². The SMILES string of the molecule is O=C(CN1CCOC1=O)Nc1nnc(CCSCCc2nnc(NC(=O)CN3C(=O)OC[C@H]3c3ccccc3)s2)s1. The Bertz CT molecular complexity index is 1390. The fourth-order valence-electron chi connectivity index (χ4n) is 4.02. The summed E-state index contributed by atoms with van der Waals surface area (Å²) in [6.07, 6.45) is 0.358. The number of thioether (sulfide) groups is 1. The first-order valence-electron chi connectivity index (χ1n) is 12.7. The Hall–Kier alpha value is -3.83. The molecule has 1 atom stereocenters. The smallest absolute Gasteiger partial charge is 0.410 e. The van der Waals surface area contributed by atoms with Crippen LogP contribution in [-0.2, 0) is 31.9 Å². The fourth-order valence-corrected chi connectivity index (χ4v) is 6.67. The number of hydrogen-bond acceptors (Lipinski definition) is 13. The Morgan fingerprint density at radius 2 is 1.51 bits per heavy atom. The van der Waals surface area contributed by atoms with Gasteiger partial charge in [-0.15, -0.1) is 20.4 Å². The lowest BCUT2D eigenvalue weighted by molar-refractivity contribution is -0.117. The number of nitrogens with zero attached hydrogens (tertiary/aromatic N) is 6. The minimum Gasteiger partial charge on any atom is -0.448 e. The summed E-state index contributed by atoms with van der Waals surface area (Å²) in [5.74, 6) is 0.894. The highest BCUT2D eigenvalue weighted by atomic mass is 32.2. The third-order valence-electron chi connectivity index (χ3n) is 6.00. The van der Waals surface area contributed by atoms with Crippen LogP contribution in [0.2, 0.25) is 0 Å². The number of amides is 4. The summed E-state index contributed by atoms with van der Waals surface area (Å²) in [6, 6.07) is 9.13. The summed E-state index contributed by atoms with van der Waals surface area (Å²) in [6.45, 7) is 0.656. The molecule has 0 unspecified atom stereocenters. The Kier molecular flexibility index (Phi) is 9.58. The second kappa shape index (κ2) is 13.7. The molecule has 4 heterocycles. The minimum atomic E-state index is -0.524. The van der Waals surface area contributed by atoms with Crippen LogP contribution in [0.1, 0.15) is 21.6 Å². The van der Waals surface area contributed by atoms with Crippen molar-refractivity contribution in [3.8, 4) is 0 Å². The van der Waals surface area contributed by atoms with Crippen molar-refractivity contribution in [2.75, 3.05) is 55.0 Å². The molecule has 1 aromatic carbocycles. The molecule has 0 saturated carbocycles. The standard InChI is InChI=1S/C24H26N8O6S3/c33-17(12-31-8-9-37-23(31)35)25-21-29-27-19(40-21)6-10-39-11-7-20-28-30-22(41-20)26-18(34)13-32-16(14-38-24(32)36)15-4-2-1-3-5-15/h1-5,16H,6-14H2,(H,25,29,33)(H,26,30,34)/t16-/m0/s1. The largest absolute Gasteiger partial charge is 0.448 e. The number of ether oxygens (including phenoxy) is 2. The van der Waals surface area contributed by atoms with Crippen LogP contribution in [-0.4, -0.2) is 98.5 Å². The van der Waals surface area contributed by atoms with Gasteiger partial charge >= 0.3 is 12.2 Å². The molecule has 0 bridgehead atoms. The lowest BCUT2D eigenvalue weighted by Gasteiger charge is -2.20. The first-order valence-corrected chi connectivity index (χ1v) is 15.5. The van der Waals surface area contributed by atoms with Gasteiger partial charge in [-0.2, -0.15) is 11.8 Å². The number of aryl methyl sites for hydroxylation is 2. The van der Waals surface area contributed by atoms with Crippen molar-refractivity contribution in [3.05, 3.63) is 45.9 Å². The maximum Gasteiger partial charge on any atom is 0.410 e. The minimum absolute atomic E-state index is 0.0809. The molecular formula is C24H26N8O6S3. The first kappa shape index (κ1) is 28.7. The Morgan fingerprint density at radius 1 is 0.878 bits per heavy atom. The number of anilines is 2. The van der Waals surface area contributed by atoms with E-state index in [4.69, 9.17) is 9.47 Å². The van der Waals surface area contributed by atoms with Crippen LogP contribution in [0, 0.1) is 0 Å². The summed E-state index contributed by atoms with van der Waals surface area (Å²) in [4.78, 5) is 51.1. The van der Waals surface area contributed by atoms with Crippen molar-refractivity contribution >= 4 is 68.7 Å². The molecule has 4 amide bonds. The second-order valence-corrected chi connectivity index (χ2v) is 12.2. The average molecular weight is 619 g/mol. The highest BCUT2D eigenvalue weighted by molar-refractivity contribution is 7.99. The van der Waals surface area contributed by atoms with E-state index < -0.39 is 12.2 Å². The predicted octanol–water partition coefficient (Wildman–Crippen LogP) is 2.43. The number of aromatic nitrogens is 4. The van der Waals surface area contributed by atoms with Gasteiger partial charge in [0.05, 0.1) is 12.6 Å². The van der Waals surface area contributed by atoms with Crippen LogP contribution in [0.4, 0.5) is 19.9 Å². The van der Waals surface area contributed by atoms with E-state index >= 15 is 0 Å². The number of cyclic esters (lactones) is 2. The number of carbonyl (C=O) groups excluding carboxylic acids is 4. The molecule has 0 spiro atoms. The molecule has 0 aliphatic carbocycles. The van der Waals surface area contributed by atoms with Crippen LogP contribution >= 0.6 is 34.4 Å². The van der Waals surface area contributed by atoms with Crippen LogP contribution in [0.3, 0.4) is 0 Å². The molecule has 3 aromatic rings. The first-order chi connectivity index (χ1) is 19.9. The van der Waals surface area contributed by atoms with Crippen molar-refractivity contribution in [1.29, 1.82) is 0 Å². The number of nitrogens with one attached hydrogen (secondary N) is 2. The summed E-state index contributed by atoms with van der Waals surface area (Å²) < 4.78 is 9.97. The van der Waals surface area contributed by atoms with Crippen LogP contribution < -0.4 is 10.6 Å². The summed E-state index contributed by atoms with van der Waals surface area (Å²) in [5.41, 5.74) is 0.905. The van der Waals surface area contributed by atoms with E-state index in [1.807, 2.05) is 30.3 Å². The molecule has 2 fully saturated rings. The molecule has 5 rings (SSSR count). The van der Waals surface area contributed by atoms with E-state index in [9.17, 15) is 19.2 Å². The maximum atomic E-state index is 12.6. The molecule has 2 aliphatic heterocycles. The van der Waals surface area contributed by atoms with Crippen molar-refractivity contribution in [3.63, 3.8) is 0 Å². The molecule has 17 heteroatoms. The van der Waals surface area contributed by atoms with Crippen molar-refractivity contribution in [2.24, 2.45) is 0 Å². The Morgan fingerprint density at radius 3 is 2.12 bits per heavy atom. The van der Waals surface area contributed by atoms with Crippen LogP contribution in [0.15, 0.2) is 30.3 Å². The predicted molar refractivity (Wildman–Crippen MR) is 152 cm³/mol. The molecule has 0 radical (unpaired) electrons. The van der Waals surface area contributed by atoms with Gasteiger partial charge in [-0.3, -0.25) is 30.0 Å². The maximum absolute atomic E-state index is 12.6. The van der Waals surface area contributed by atoms with Gasteiger partial charge in [-0.1, -0.05) is 53.0 Å². The van der Waals surface area contributed by atoms with Crippen LogP contribution in [0.25, 0.3) is 0 Å². The molecule has 41 heavy (non-hydrogen) atoms. The van der Waals surface area contributed by atoms with Gasteiger partial charge in [0.15, 0.2) is 0 Å². The summed E-state index contributed by atoms with van der Waals surface area (Å²) in [5, 5.41) is 24.0. The summed E-state index contributed by atoms with van der Waals surface area (Å²) in [7, 11) is 0. The van der Waals surface area contributed by atoms with E-state index in [-0.39, 0.29) is 44.2 Å². The number of carbonyl (C=O) groups is 4. The Labute approximate surface area is 246 Å². The molecule has 14 nitrogen and oxygen atoms in total. The zero-order valence-electron chi connectivity index (χ0n) is 21.7. The molecular weight excluding hydrogens is 593 g/mol. The molecule has 2 aliphatic rings. The second-order valence-electron chi connectivity index (χ2n) is 8.88. The number of rotatable bonds is 13. The van der Waals surface area contributed by atoms with Gasteiger partial charge in [0.2, 0.25) is 22.1 Å². The van der Waals surface area contributed by atoms with Gasteiger partial charge in [0.1, 0.15) is 36.3 Å². The van der Waals surface area contributed by atoms with Crippen molar-refractivity contribution in [2.45, 2.75) is 18.9 Å². The molecule has 2 saturated heterocycles. The van der Waals surface area contributed by atoms with Gasteiger partial charge in [-0.25, -0.2) is 9.59 Å². The van der Waals surface area contributed by atoms with E-state index in [1.54, 1.807) is 11.8 Å².